The third-order valence-corrected chi connectivity index (χ3v) is 3.94. The number of carbonyl (C=O) groups is 1. The molecule has 0 saturated heterocycles. The van der Waals surface area contributed by atoms with Gasteiger partial charge in [-0.2, -0.15) is 0 Å². The number of aliphatic imine (C=N–C) groups is 1. The summed E-state index contributed by atoms with van der Waals surface area (Å²) in [4.78, 5) is 16.6. The minimum atomic E-state index is -0.204. The maximum absolute atomic E-state index is 13.6. The number of amides is 1. The molecule has 0 saturated carbocycles. The maximum Gasteiger partial charge on any atom is 0.251 e. The van der Waals surface area contributed by atoms with Crippen molar-refractivity contribution in [1.29, 1.82) is 0 Å². The number of nitrogens with zero attached hydrogens (tertiary/aromatic N) is 1. The second-order valence-electron chi connectivity index (χ2n) is 6.15. The Morgan fingerprint density at radius 2 is 1.81 bits per heavy atom. The van der Waals surface area contributed by atoms with E-state index in [2.05, 4.69) is 20.9 Å². The summed E-state index contributed by atoms with van der Waals surface area (Å²) in [6.45, 7) is 6.16. The van der Waals surface area contributed by atoms with Crippen LogP contribution < -0.4 is 16.0 Å². The summed E-state index contributed by atoms with van der Waals surface area (Å²) in [5.41, 5.74) is 2.36. The van der Waals surface area contributed by atoms with Crippen molar-refractivity contribution >= 4 is 11.9 Å². The molecule has 3 N–H and O–H groups in total. The summed E-state index contributed by atoms with van der Waals surface area (Å²) >= 11 is 0. The van der Waals surface area contributed by atoms with E-state index < -0.39 is 0 Å². The van der Waals surface area contributed by atoms with Crippen LogP contribution in [0, 0.1) is 12.7 Å². The lowest BCUT2D eigenvalue weighted by Gasteiger charge is -2.12. The number of hydrogen-bond donors (Lipinski definition) is 3. The van der Waals surface area contributed by atoms with Gasteiger partial charge in [0, 0.05) is 31.7 Å². The van der Waals surface area contributed by atoms with Crippen LogP contribution in [0.1, 0.15) is 28.4 Å². The van der Waals surface area contributed by atoms with Crippen LogP contribution in [0.3, 0.4) is 0 Å². The fourth-order valence-corrected chi connectivity index (χ4v) is 2.58. The van der Waals surface area contributed by atoms with Crippen LogP contribution in [0.15, 0.2) is 53.5 Å². The van der Waals surface area contributed by atoms with Crippen LogP contribution in [0.25, 0.3) is 0 Å². The number of hydrogen-bond acceptors (Lipinski definition) is 2. The van der Waals surface area contributed by atoms with Gasteiger partial charge in [0.2, 0.25) is 0 Å². The van der Waals surface area contributed by atoms with Gasteiger partial charge < -0.3 is 16.0 Å². The first-order chi connectivity index (χ1) is 13.1. The Bertz CT molecular complexity index is 776. The molecule has 0 fully saturated rings. The van der Waals surface area contributed by atoms with Crippen LogP contribution >= 0.6 is 0 Å². The number of carbonyl (C=O) groups excluding carboxylic acids is 1. The summed E-state index contributed by atoms with van der Waals surface area (Å²) in [6.07, 6.45) is 0.535. The van der Waals surface area contributed by atoms with Crippen molar-refractivity contribution < 1.29 is 9.18 Å². The summed E-state index contributed by atoms with van der Waals surface area (Å²) in [6, 6.07) is 14.2. The van der Waals surface area contributed by atoms with Crippen molar-refractivity contribution in [3.8, 4) is 0 Å². The number of benzene rings is 2. The van der Waals surface area contributed by atoms with Crippen LogP contribution in [0.5, 0.6) is 0 Å². The Morgan fingerprint density at radius 1 is 1.04 bits per heavy atom. The number of guanidine groups is 1. The van der Waals surface area contributed by atoms with Crippen molar-refractivity contribution in [1.82, 2.24) is 16.0 Å². The van der Waals surface area contributed by atoms with Crippen LogP contribution in [0.4, 0.5) is 4.39 Å². The molecular formula is C21H27FN4O. The molecule has 5 nitrogen and oxygen atoms in total. The molecule has 0 radical (unpaired) electrons. The molecule has 0 spiro atoms. The first-order valence-corrected chi connectivity index (χ1v) is 9.20. The van der Waals surface area contributed by atoms with E-state index in [-0.39, 0.29) is 11.7 Å². The molecule has 144 valence electrons. The average molecular weight is 370 g/mol. The highest BCUT2D eigenvalue weighted by atomic mass is 19.1. The average Bonchev–Trinajstić information content (AvgIpc) is 2.66. The first kappa shape index (κ1) is 20.4. The van der Waals surface area contributed by atoms with Gasteiger partial charge in [0.25, 0.3) is 5.91 Å². The van der Waals surface area contributed by atoms with Crippen molar-refractivity contribution in [3.05, 3.63) is 71.0 Å². The smallest absolute Gasteiger partial charge is 0.251 e. The Labute approximate surface area is 160 Å². The van der Waals surface area contributed by atoms with Crippen molar-refractivity contribution in [3.63, 3.8) is 0 Å². The first-order valence-electron chi connectivity index (χ1n) is 9.20. The van der Waals surface area contributed by atoms with E-state index in [1.54, 1.807) is 18.2 Å². The predicted octanol–water partition coefficient (Wildman–Crippen LogP) is 2.66. The normalized spacial score (nSPS) is 11.1. The van der Waals surface area contributed by atoms with E-state index >= 15 is 0 Å². The van der Waals surface area contributed by atoms with E-state index in [1.807, 2.05) is 38.1 Å². The fourth-order valence-electron chi connectivity index (χ4n) is 2.58. The number of halogens is 1. The Kier molecular flexibility index (Phi) is 8.29. The molecule has 0 aliphatic carbocycles. The maximum atomic E-state index is 13.6. The van der Waals surface area contributed by atoms with Crippen LogP contribution in [-0.2, 0) is 6.42 Å². The molecule has 0 heterocycles. The van der Waals surface area contributed by atoms with Crippen LogP contribution in [-0.4, -0.2) is 38.0 Å². The summed E-state index contributed by atoms with van der Waals surface area (Å²) in [5.74, 6) is 0.352. The zero-order valence-electron chi connectivity index (χ0n) is 15.9. The molecule has 1 amide bonds. The van der Waals surface area contributed by atoms with Crippen molar-refractivity contribution in [2.45, 2.75) is 20.3 Å². The Morgan fingerprint density at radius 3 is 2.56 bits per heavy atom. The second kappa shape index (κ2) is 11.0. The highest BCUT2D eigenvalue weighted by Gasteiger charge is 2.05. The third-order valence-electron chi connectivity index (χ3n) is 3.94. The van der Waals surface area contributed by atoms with Gasteiger partial charge in [0.15, 0.2) is 5.96 Å². The minimum absolute atomic E-state index is 0.0954. The number of rotatable bonds is 8. The van der Waals surface area contributed by atoms with Gasteiger partial charge in [0.05, 0.1) is 0 Å². The second-order valence-corrected chi connectivity index (χ2v) is 6.15. The number of aryl methyl sites for hydroxylation is 1. The molecular weight excluding hydrogens is 343 g/mol. The predicted molar refractivity (Wildman–Crippen MR) is 108 cm³/mol. The highest BCUT2D eigenvalue weighted by Crippen LogP contribution is 2.06. The van der Waals surface area contributed by atoms with E-state index in [4.69, 9.17) is 0 Å². The lowest BCUT2D eigenvalue weighted by molar-refractivity contribution is 0.0954. The minimum Gasteiger partial charge on any atom is -0.357 e. The third kappa shape index (κ3) is 7.09. The molecule has 27 heavy (non-hydrogen) atoms. The monoisotopic (exact) mass is 370 g/mol. The lowest BCUT2D eigenvalue weighted by atomic mass is 10.1. The van der Waals surface area contributed by atoms with Crippen molar-refractivity contribution in [2.75, 3.05) is 26.2 Å². The Balaban J connectivity index is 1.76. The van der Waals surface area contributed by atoms with Gasteiger partial charge in [-0.25, -0.2) is 4.39 Å². The molecule has 2 aromatic rings. The van der Waals surface area contributed by atoms with E-state index in [1.165, 1.54) is 6.07 Å². The molecule has 0 atom stereocenters. The standard InChI is InChI=1S/C21H27FN4O/c1-3-23-21(25-12-11-17-8-4-5-10-19(17)22)26-14-13-24-20(27)18-9-6-7-16(2)15-18/h4-10,15H,3,11-14H2,1-2H3,(H,24,27)(H2,23,25,26). The van der Waals surface area contributed by atoms with Gasteiger partial charge in [-0.05, 0) is 44.0 Å². The van der Waals surface area contributed by atoms with Crippen molar-refractivity contribution in [2.24, 2.45) is 4.99 Å². The largest absolute Gasteiger partial charge is 0.357 e. The molecule has 2 rings (SSSR count). The SMILES string of the molecule is CCNC(=NCCc1ccccc1F)NCCNC(=O)c1cccc(C)c1. The molecule has 6 heteroatoms. The van der Waals surface area contributed by atoms with Gasteiger partial charge in [-0.3, -0.25) is 9.79 Å². The quantitative estimate of drug-likeness (QED) is 0.380. The van der Waals surface area contributed by atoms with Gasteiger partial charge >= 0.3 is 0 Å². The zero-order valence-corrected chi connectivity index (χ0v) is 15.9. The molecule has 0 unspecified atom stereocenters. The van der Waals surface area contributed by atoms with E-state index in [0.29, 0.717) is 43.1 Å². The molecule has 2 aromatic carbocycles. The topological polar surface area (TPSA) is 65.5 Å². The summed E-state index contributed by atoms with van der Waals surface area (Å²) in [5, 5.41) is 9.19. The van der Waals surface area contributed by atoms with Gasteiger partial charge in [-0.1, -0.05) is 35.9 Å². The van der Waals surface area contributed by atoms with Crippen LogP contribution in [0.2, 0.25) is 0 Å². The Hall–Kier alpha value is -2.89. The van der Waals surface area contributed by atoms with E-state index in [0.717, 1.165) is 12.1 Å². The highest BCUT2D eigenvalue weighted by molar-refractivity contribution is 5.94. The van der Waals surface area contributed by atoms with E-state index in [9.17, 15) is 9.18 Å². The summed E-state index contributed by atoms with van der Waals surface area (Å²) in [7, 11) is 0. The molecule has 0 bridgehead atoms. The molecule has 0 aromatic heterocycles. The lowest BCUT2D eigenvalue weighted by Crippen LogP contribution is -2.41. The molecule has 0 aliphatic heterocycles. The molecule has 0 aliphatic rings. The van der Waals surface area contributed by atoms with Gasteiger partial charge in [0.1, 0.15) is 5.82 Å². The van der Waals surface area contributed by atoms with Gasteiger partial charge in [-0.15, -0.1) is 0 Å². The fraction of sp³-hybridized carbons (Fsp3) is 0.333. The summed E-state index contributed by atoms with van der Waals surface area (Å²) < 4.78 is 13.6. The zero-order chi connectivity index (χ0) is 19.5. The number of nitrogens with one attached hydrogen (secondary N) is 3.